The van der Waals surface area contributed by atoms with Gasteiger partial charge in [-0.25, -0.2) is 5.48 Å². The van der Waals surface area contributed by atoms with Crippen molar-refractivity contribution in [3.8, 4) is 0 Å². The molecule has 1 saturated heterocycles. The third kappa shape index (κ3) is 4.19. The van der Waals surface area contributed by atoms with E-state index in [1.54, 1.807) is 17.6 Å². The zero-order valence-corrected chi connectivity index (χ0v) is 19.0. The second-order valence-electron chi connectivity index (χ2n) is 9.27. The molecular formula is C26H30N4O3. The smallest absolute Gasteiger partial charge is 0.274 e. The molecule has 172 valence electrons. The molecule has 5 rings (SSSR count). The summed E-state index contributed by atoms with van der Waals surface area (Å²) >= 11 is 0. The monoisotopic (exact) mass is 446 g/mol. The summed E-state index contributed by atoms with van der Waals surface area (Å²) in [7, 11) is 2.15. The van der Waals surface area contributed by atoms with Gasteiger partial charge in [0.2, 0.25) is 0 Å². The number of amides is 1. The van der Waals surface area contributed by atoms with E-state index in [0.717, 1.165) is 73.3 Å². The molecule has 0 saturated carbocycles. The average molecular weight is 447 g/mol. The Morgan fingerprint density at radius 3 is 2.52 bits per heavy atom. The number of carbonyl (C=O) groups excluding carboxylic acids is 2. The summed E-state index contributed by atoms with van der Waals surface area (Å²) in [5.41, 5.74) is 6.20. The number of ketones is 1. The molecule has 1 aromatic heterocycles. The quantitative estimate of drug-likeness (QED) is 0.466. The predicted molar refractivity (Wildman–Crippen MR) is 127 cm³/mol. The van der Waals surface area contributed by atoms with Gasteiger partial charge in [-0.15, -0.1) is 0 Å². The van der Waals surface area contributed by atoms with Crippen molar-refractivity contribution in [3.05, 3.63) is 70.9 Å². The predicted octanol–water partition coefficient (Wildman–Crippen LogP) is 2.80. The Bertz CT molecular complexity index is 1180. The number of hydrogen-bond donors (Lipinski definition) is 2. The summed E-state index contributed by atoms with van der Waals surface area (Å²) < 4.78 is 2.26. The highest BCUT2D eigenvalue weighted by Gasteiger charge is 2.34. The van der Waals surface area contributed by atoms with Crippen molar-refractivity contribution in [1.29, 1.82) is 0 Å². The molecule has 2 aromatic carbocycles. The van der Waals surface area contributed by atoms with Crippen molar-refractivity contribution in [2.75, 3.05) is 39.8 Å². The highest BCUT2D eigenvalue weighted by atomic mass is 16.5. The number of hydroxylamine groups is 1. The van der Waals surface area contributed by atoms with Gasteiger partial charge >= 0.3 is 0 Å². The number of carbonyl (C=O) groups is 2. The third-order valence-corrected chi connectivity index (χ3v) is 7.16. The third-order valence-electron chi connectivity index (χ3n) is 7.16. The van der Waals surface area contributed by atoms with Gasteiger partial charge in [-0.2, -0.15) is 0 Å². The molecule has 2 aliphatic rings. The minimum Gasteiger partial charge on any atom is -0.339 e. The van der Waals surface area contributed by atoms with E-state index in [9.17, 15) is 9.59 Å². The zero-order valence-electron chi connectivity index (χ0n) is 19.0. The molecule has 1 atom stereocenters. The highest BCUT2D eigenvalue weighted by Crippen LogP contribution is 2.35. The van der Waals surface area contributed by atoms with Crippen LogP contribution in [0, 0.1) is 5.92 Å². The maximum Gasteiger partial charge on any atom is 0.274 e. The van der Waals surface area contributed by atoms with Gasteiger partial charge in [0, 0.05) is 72.9 Å². The van der Waals surface area contributed by atoms with Crippen molar-refractivity contribution in [1.82, 2.24) is 19.8 Å². The first-order valence-corrected chi connectivity index (χ1v) is 11.6. The van der Waals surface area contributed by atoms with Crippen LogP contribution in [0.5, 0.6) is 0 Å². The number of hydrogen-bond acceptors (Lipinski definition) is 5. The highest BCUT2D eigenvalue weighted by molar-refractivity contribution is 6.11. The average Bonchev–Trinajstić information content (AvgIpc) is 3.16. The largest absolute Gasteiger partial charge is 0.339 e. The Hall–Kier alpha value is -3.00. The Morgan fingerprint density at radius 2 is 1.79 bits per heavy atom. The van der Waals surface area contributed by atoms with Crippen molar-refractivity contribution in [2.24, 2.45) is 5.92 Å². The lowest BCUT2D eigenvalue weighted by Gasteiger charge is -2.35. The SMILES string of the molecule is CN1CCN(CC2CCc3c(c4ccccc4n3Cc3ccc(C(=O)NO)cc3)C2=O)CC1. The van der Waals surface area contributed by atoms with Crippen molar-refractivity contribution < 1.29 is 14.8 Å². The normalized spacial score (nSPS) is 19.6. The molecule has 2 heterocycles. The van der Waals surface area contributed by atoms with Crippen LogP contribution in [0.1, 0.15) is 38.4 Å². The van der Waals surface area contributed by atoms with Crippen LogP contribution >= 0.6 is 0 Å². The molecular weight excluding hydrogens is 416 g/mol. The zero-order chi connectivity index (χ0) is 22.9. The van der Waals surface area contributed by atoms with Crippen molar-refractivity contribution in [2.45, 2.75) is 19.4 Å². The van der Waals surface area contributed by atoms with E-state index >= 15 is 0 Å². The van der Waals surface area contributed by atoms with Crippen molar-refractivity contribution >= 4 is 22.6 Å². The lowest BCUT2D eigenvalue weighted by molar-refractivity contribution is 0.0706. The number of aromatic nitrogens is 1. The van der Waals surface area contributed by atoms with E-state index in [1.807, 2.05) is 24.3 Å². The maximum absolute atomic E-state index is 13.7. The van der Waals surface area contributed by atoms with E-state index in [2.05, 4.69) is 33.5 Å². The van der Waals surface area contributed by atoms with Gasteiger partial charge in [-0.3, -0.25) is 14.8 Å². The van der Waals surface area contributed by atoms with E-state index < -0.39 is 5.91 Å². The van der Waals surface area contributed by atoms with Gasteiger partial charge in [0.25, 0.3) is 5.91 Å². The molecule has 1 amide bonds. The Morgan fingerprint density at radius 1 is 1.06 bits per heavy atom. The molecule has 33 heavy (non-hydrogen) atoms. The molecule has 7 heteroatoms. The molecule has 1 aliphatic carbocycles. The molecule has 3 aromatic rings. The summed E-state index contributed by atoms with van der Waals surface area (Å²) in [5.74, 6) is -0.195. The molecule has 1 unspecified atom stereocenters. The summed E-state index contributed by atoms with van der Waals surface area (Å²) in [6, 6.07) is 15.4. The lowest BCUT2D eigenvalue weighted by Crippen LogP contribution is -2.47. The second-order valence-corrected chi connectivity index (χ2v) is 9.27. The lowest BCUT2D eigenvalue weighted by atomic mass is 9.84. The number of fused-ring (bicyclic) bond motifs is 3. The Labute approximate surface area is 193 Å². The van der Waals surface area contributed by atoms with Gasteiger partial charge < -0.3 is 14.4 Å². The van der Waals surface area contributed by atoms with Crippen LogP contribution in [-0.4, -0.2) is 71.0 Å². The first kappa shape index (κ1) is 21.8. The first-order valence-electron chi connectivity index (χ1n) is 11.6. The second kappa shape index (κ2) is 9.09. The maximum atomic E-state index is 13.7. The van der Waals surface area contributed by atoms with Gasteiger partial charge in [-0.1, -0.05) is 30.3 Å². The number of nitrogens with zero attached hydrogens (tertiary/aromatic N) is 3. The number of nitrogens with one attached hydrogen (secondary N) is 1. The number of para-hydroxylation sites is 1. The minimum absolute atomic E-state index is 0.0523. The molecule has 7 nitrogen and oxygen atoms in total. The molecule has 2 N–H and O–H groups in total. The van der Waals surface area contributed by atoms with Gasteiger partial charge in [0.15, 0.2) is 5.78 Å². The number of rotatable bonds is 5. The topological polar surface area (TPSA) is 77.8 Å². The van der Waals surface area contributed by atoms with Crippen LogP contribution in [0.3, 0.4) is 0 Å². The summed E-state index contributed by atoms with van der Waals surface area (Å²) in [4.78, 5) is 30.1. The van der Waals surface area contributed by atoms with Crippen molar-refractivity contribution in [3.63, 3.8) is 0 Å². The molecule has 0 bridgehead atoms. The molecule has 0 spiro atoms. The first-order chi connectivity index (χ1) is 16.0. The number of Topliss-reactive ketones (excluding diaryl/α,β-unsaturated/α-hetero) is 1. The molecule has 1 fully saturated rings. The fourth-order valence-electron chi connectivity index (χ4n) is 5.24. The van der Waals surface area contributed by atoms with Crippen LogP contribution in [0.2, 0.25) is 0 Å². The van der Waals surface area contributed by atoms with E-state index in [4.69, 9.17) is 5.21 Å². The van der Waals surface area contributed by atoms with E-state index in [-0.39, 0.29) is 11.7 Å². The standard InChI is InChI=1S/C26H30N4O3/c1-28-12-14-29(15-13-28)17-20-10-11-23-24(25(20)31)21-4-2-3-5-22(21)30(23)16-18-6-8-19(9-7-18)26(32)27-33/h2-9,20,33H,10-17H2,1H3,(H,27,32). The number of benzene rings is 2. The molecule has 1 aliphatic heterocycles. The van der Waals surface area contributed by atoms with Crippen LogP contribution < -0.4 is 5.48 Å². The van der Waals surface area contributed by atoms with Gasteiger partial charge in [0.1, 0.15) is 0 Å². The van der Waals surface area contributed by atoms with E-state index in [0.29, 0.717) is 12.1 Å². The Balaban J connectivity index is 1.43. The summed E-state index contributed by atoms with van der Waals surface area (Å²) in [6.45, 7) is 5.65. The summed E-state index contributed by atoms with van der Waals surface area (Å²) in [6.07, 6.45) is 1.77. The van der Waals surface area contributed by atoms with Crippen LogP contribution in [-0.2, 0) is 13.0 Å². The summed E-state index contributed by atoms with van der Waals surface area (Å²) in [5, 5.41) is 9.88. The van der Waals surface area contributed by atoms with Gasteiger partial charge in [0.05, 0.1) is 0 Å². The number of likely N-dealkylation sites (N-methyl/N-ethyl adjacent to an activating group) is 1. The van der Waals surface area contributed by atoms with Crippen LogP contribution in [0.25, 0.3) is 10.9 Å². The van der Waals surface area contributed by atoms with E-state index in [1.165, 1.54) is 0 Å². The minimum atomic E-state index is -0.526. The fraction of sp³-hybridized carbons (Fsp3) is 0.385. The van der Waals surface area contributed by atoms with Crippen LogP contribution in [0.4, 0.5) is 0 Å². The van der Waals surface area contributed by atoms with Crippen LogP contribution in [0.15, 0.2) is 48.5 Å². The molecule has 0 radical (unpaired) electrons. The number of piperazine rings is 1. The Kier molecular flexibility index (Phi) is 6.01. The van der Waals surface area contributed by atoms with Gasteiger partial charge in [-0.05, 0) is 43.7 Å². The fourth-order valence-corrected chi connectivity index (χ4v) is 5.24.